The highest BCUT2D eigenvalue weighted by molar-refractivity contribution is 5.85. The van der Waals surface area contributed by atoms with E-state index in [9.17, 15) is 10.2 Å². The molecule has 2 N–H and O–H groups in total. The van der Waals surface area contributed by atoms with Crippen LogP contribution in [0.4, 0.5) is 5.69 Å². The molecular formula is C23H30N2O3. The van der Waals surface area contributed by atoms with Gasteiger partial charge < -0.3 is 14.9 Å². The number of likely N-dealkylation sites (tertiary alicyclic amines) is 1. The third kappa shape index (κ3) is 5.57. The standard InChI is InChI=1S/C23H30N2O3/c1-17-6-5-7-18(2)25(17)15-21(26)16-28-22-12-10-20(11-13-22)24-14-19-8-3-4-9-23(19)27/h3-4,8-14,17-18,21,26-27H,5-7,15-16H2,1-2H3/t17-,18-,21-/m1/s1. The van der Waals surface area contributed by atoms with Crippen LogP contribution in [0, 0.1) is 0 Å². The third-order valence-electron chi connectivity index (χ3n) is 5.37. The zero-order chi connectivity index (χ0) is 19.9. The van der Waals surface area contributed by atoms with Crippen molar-refractivity contribution in [3.8, 4) is 11.5 Å². The number of aliphatic hydroxyl groups is 1. The van der Waals surface area contributed by atoms with Gasteiger partial charge in [0.2, 0.25) is 0 Å². The maximum atomic E-state index is 10.4. The van der Waals surface area contributed by atoms with Crippen LogP contribution in [-0.2, 0) is 0 Å². The molecule has 3 atom stereocenters. The van der Waals surface area contributed by atoms with Gasteiger partial charge in [-0.1, -0.05) is 18.6 Å². The quantitative estimate of drug-likeness (QED) is 0.706. The highest BCUT2D eigenvalue weighted by atomic mass is 16.5. The molecule has 5 nitrogen and oxygen atoms in total. The van der Waals surface area contributed by atoms with Crippen molar-refractivity contribution in [3.63, 3.8) is 0 Å². The van der Waals surface area contributed by atoms with E-state index < -0.39 is 6.10 Å². The largest absolute Gasteiger partial charge is 0.507 e. The minimum absolute atomic E-state index is 0.206. The number of hydrogen-bond donors (Lipinski definition) is 2. The molecule has 0 aromatic heterocycles. The maximum absolute atomic E-state index is 10.4. The zero-order valence-corrected chi connectivity index (χ0v) is 16.7. The maximum Gasteiger partial charge on any atom is 0.124 e. The van der Waals surface area contributed by atoms with Crippen molar-refractivity contribution in [1.82, 2.24) is 4.90 Å². The molecule has 0 radical (unpaired) electrons. The molecule has 0 spiro atoms. The van der Waals surface area contributed by atoms with E-state index in [1.54, 1.807) is 18.3 Å². The van der Waals surface area contributed by atoms with Crippen molar-refractivity contribution in [2.75, 3.05) is 13.2 Å². The van der Waals surface area contributed by atoms with Crippen LogP contribution in [0.2, 0.25) is 0 Å². The molecule has 1 fully saturated rings. The van der Waals surface area contributed by atoms with Crippen molar-refractivity contribution in [3.05, 3.63) is 54.1 Å². The van der Waals surface area contributed by atoms with Crippen LogP contribution in [0.5, 0.6) is 11.5 Å². The molecule has 2 aromatic carbocycles. The van der Waals surface area contributed by atoms with Crippen LogP contribution < -0.4 is 4.74 Å². The SMILES string of the molecule is C[C@@H]1CCC[C@@H](C)N1C[C@@H](O)COc1ccc(N=Cc2ccccc2O)cc1. The Labute approximate surface area is 167 Å². The first kappa shape index (κ1) is 20.4. The molecule has 5 heteroatoms. The van der Waals surface area contributed by atoms with Gasteiger partial charge in [-0.15, -0.1) is 0 Å². The summed E-state index contributed by atoms with van der Waals surface area (Å²) in [6.07, 6.45) is 4.78. The second kappa shape index (κ2) is 9.71. The number of rotatable bonds is 7. The summed E-state index contributed by atoms with van der Waals surface area (Å²) >= 11 is 0. The van der Waals surface area contributed by atoms with Crippen molar-refractivity contribution in [2.45, 2.75) is 51.3 Å². The molecule has 3 rings (SSSR count). The second-order valence-corrected chi connectivity index (χ2v) is 7.60. The lowest BCUT2D eigenvalue weighted by Gasteiger charge is -2.40. The number of phenolic OH excluding ortho intramolecular Hbond substituents is 1. The molecule has 1 heterocycles. The summed E-state index contributed by atoms with van der Waals surface area (Å²) in [5, 5.41) is 20.1. The molecule has 1 aliphatic heterocycles. The molecule has 1 aliphatic rings. The van der Waals surface area contributed by atoms with Crippen molar-refractivity contribution in [2.24, 2.45) is 4.99 Å². The van der Waals surface area contributed by atoms with Gasteiger partial charge in [0.15, 0.2) is 0 Å². The smallest absolute Gasteiger partial charge is 0.124 e. The Morgan fingerprint density at radius 3 is 2.46 bits per heavy atom. The number of aromatic hydroxyl groups is 1. The Morgan fingerprint density at radius 2 is 1.79 bits per heavy atom. The highest BCUT2D eigenvalue weighted by Crippen LogP contribution is 2.23. The number of ether oxygens (including phenoxy) is 1. The fourth-order valence-electron chi connectivity index (χ4n) is 3.69. The van der Waals surface area contributed by atoms with E-state index >= 15 is 0 Å². The van der Waals surface area contributed by atoms with Gasteiger partial charge in [-0.25, -0.2) is 0 Å². The van der Waals surface area contributed by atoms with Crippen LogP contribution >= 0.6 is 0 Å². The molecule has 2 aromatic rings. The van der Waals surface area contributed by atoms with Gasteiger partial charge in [-0.3, -0.25) is 9.89 Å². The van der Waals surface area contributed by atoms with Crippen molar-refractivity contribution < 1.29 is 14.9 Å². The molecule has 28 heavy (non-hydrogen) atoms. The summed E-state index contributed by atoms with van der Waals surface area (Å²) < 4.78 is 5.75. The van der Waals surface area contributed by atoms with Gasteiger partial charge in [-0.2, -0.15) is 0 Å². The Morgan fingerprint density at radius 1 is 1.11 bits per heavy atom. The lowest BCUT2D eigenvalue weighted by molar-refractivity contribution is 0.0209. The van der Waals surface area contributed by atoms with Crippen LogP contribution in [0.15, 0.2) is 53.5 Å². The first-order valence-electron chi connectivity index (χ1n) is 10.0. The summed E-state index contributed by atoms with van der Waals surface area (Å²) in [6.45, 7) is 5.39. The van der Waals surface area contributed by atoms with Gasteiger partial charge in [0, 0.05) is 30.4 Å². The molecule has 150 valence electrons. The van der Waals surface area contributed by atoms with Gasteiger partial charge in [0.25, 0.3) is 0 Å². The van der Waals surface area contributed by atoms with Crippen molar-refractivity contribution >= 4 is 11.9 Å². The third-order valence-corrected chi connectivity index (χ3v) is 5.37. The number of phenols is 1. The van der Waals surface area contributed by atoms with E-state index in [1.807, 2.05) is 36.4 Å². The number of piperidine rings is 1. The van der Waals surface area contributed by atoms with E-state index in [1.165, 1.54) is 19.3 Å². The lowest BCUT2D eigenvalue weighted by Crippen LogP contribution is -2.48. The van der Waals surface area contributed by atoms with Crippen LogP contribution in [0.3, 0.4) is 0 Å². The van der Waals surface area contributed by atoms with Crippen LogP contribution in [0.25, 0.3) is 0 Å². The number of aliphatic hydroxyl groups excluding tert-OH is 1. The average Bonchev–Trinajstić information content (AvgIpc) is 2.69. The Hall–Kier alpha value is -2.37. The van der Waals surface area contributed by atoms with Crippen LogP contribution in [-0.4, -0.2) is 52.7 Å². The zero-order valence-electron chi connectivity index (χ0n) is 16.7. The first-order valence-corrected chi connectivity index (χ1v) is 10.0. The Balaban J connectivity index is 1.49. The number of benzene rings is 2. The van der Waals surface area contributed by atoms with E-state index in [4.69, 9.17) is 4.74 Å². The minimum Gasteiger partial charge on any atom is -0.507 e. The highest BCUT2D eigenvalue weighted by Gasteiger charge is 2.26. The number of β-amino-alcohol motifs (C(OH)–C–C–N with tert-alkyl or cyclic N) is 1. The first-order chi connectivity index (χ1) is 13.5. The van der Waals surface area contributed by atoms with Gasteiger partial charge >= 0.3 is 0 Å². The molecular weight excluding hydrogens is 352 g/mol. The van der Waals surface area contributed by atoms with Crippen LogP contribution in [0.1, 0.15) is 38.7 Å². The minimum atomic E-state index is -0.512. The molecule has 0 amide bonds. The van der Waals surface area contributed by atoms with Gasteiger partial charge in [0.05, 0.1) is 5.69 Å². The molecule has 0 bridgehead atoms. The fraction of sp³-hybridized carbons (Fsp3) is 0.435. The van der Waals surface area contributed by atoms with Crippen molar-refractivity contribution in [1.29, 1.82) is 0 Å². The summed E-state index contributed by atoms with van der Waals surface area (Å²) in [5.74, 6) is 0.915. The van der Waals surface area contributed by atoms with E-state index in [-0.39, 0.29) is 12.4 Å². The summed E-state index contributed by atoms with van der Waals surface area (Å²) in [7, 11) is 0. The van der Waals surface area contributed by atoms with E-state index in [0.29, 0.717) is 29.9 Å². The summed E-state index contributed by atoms with van der Waals surface area (Å²) in [4.78, 5) is 6.75. The van der Waals surface area contributed by atoms with E-state index in [0.717, 1.165) is 5.69 Å². The number of para-hydroxylation sites is 1. The number of aliphatic imine (C=N–C) groups is 1. The summed E-state index contributed by atoms with van der Waals surface area (Å²) in [6, 6.07) is 15.5. The summed E-state index contributed by atoms with van der Waals surface area (Å²) in [5.41, 5.74) is 1.44. The number of hydrogen-bond acceptors (Lipinski definition) is 5. The Bertz CT molecular complexity index is 766. The monoisotopic (exact) mass is 382 g/mol. The number of nitrogens with zero attached hydrogens (tertiary/aromatic N) is 2. The lowest BCUT2D eigenvalue weighted by atomic mass is 9.97. The van der Waals surface area contributed by atoms with E-state index in [2.05, 4.69) is 23.7 Å². The average molecular weight is 383 g/mol. The fourth-order valence-corrected chi connectivity index (χ4v) is 3.69. The van der Waals surface area contributed by atoms with Gasteiger partial charge in [0.1, 0.15) is 24.2 Å². The Kier molecular flexibility index (Phi) is 7.06. The molecule has 0 aliphatic carbocycles. The van der Waals surface area contributed by atoms with Gasteiger partial charge in [-0.05, 0) is 63.1 Å². The predicted molar refractivity (Wildman–Crippen MR) is 113 cm³/mol. The predicted octanol–water partition coefficient (Wildman–Crippen LogP) is 4.15. The second-order valence-electron chi connectivity index (χ2n) is 7.60. The molecule has 1 saturated heterocycles. The topological polar surface area (TPSA) is 65.3 Å². The molecule has 0 unspecified atom stereocenters. The molecule has 0 saturated carbocycles. The normalized spacial score (nSPS) is 21.7.